The lowest BCUT2D eigenvalue weighted by Crippen LogP contribution is -2.32. The second-order valence-electron chi connectivity index (χ2n) is 7.53. The number of fused-ring (bicyclic) bond motifs is 1. The fourth-order valence-corrected chi connectivity index (χ4v) is 3.08. The minimum Gasteiger partial charge on any atom is -0.458 e. The SMILES string of the molecule is C=C(C)C(=O)OCC(COC(=O)c1cccc2ccccc12)OC(=O)Nc1cccc(C)c1. The van der Waals surface area contributed by atoms with Gasteiger partial charge in [-0.2, -0.15) is 0 Å². The number of hydrogen-bond donors (Lipinski definition) is 1. The number of nitrogens with one attached hydrogen (secondary N) is 1. The zero-order chi connectivity index (χ0) is 23.8. The minimum absolute atomic E-state index is 0.200. The zero-order valence-corrected chi connectivity index (χ0v) is 18.5. The van der Waals surface area contributed by atoms with E-state index in [1.807, 2.05) is 43.3 Å². The number of carbonyl (C=O) groups excluding carboxylic acids is 3. The average molecular weight is 447 g/mol. The number of anilines is 1. The average Bonchev–Trinajstić information content (AvgIpc) is 2.79. The van der Waals surface area contributed by atoms with Crippen molar-refractivity contribution in [1.82, 2.24) is 0 Å². The summed E-state index contributed by atoms with van der Waals surface area (Å²) in [6.45, 7) is 6.32. The van der Waals surface area contributed by atoms with Crippen molar-refractivity contribution in [3.8, 4) is 0 Å². The molecule has 0 aromatic heterocycles. The molecule has 0 fully saturated rings. The predicted molar refractivity (Wildman–Crippen MR) is 125 cm³/mol. The standard InChI is InChI=1S/C26H25NO6/c1-17(2)24(28)31-15-21(33-26(30)27-20-11-6-8-18(3)14-20)16-32-25(29)23-13-7-10-19-9-4-5-12-22(19)23/h4-14,21H,1,15-16H2,2-3H3,(H,27,30). The van der Waals surface area contributed by atoms with Crippen molar-refractivity contribution in [2.24, 2.45) is 0 Å². The molecule has 0 saturated heterocycles. The van der Waals surface area contributed by atoms with Gasteiger partial charge >= 0.3 is 18.0 Å². The summed E-state index contributed by atoms with van der Waals surface area (Å²) in [7, 11) is 0. The molecule has 3 aromatic carbocycles. The summed E-state index contributed by atoms with van der Waals surface area (Å²) in [5, 5.41) is 4.25. The van der Waals surface area contributed by atoms with Crippen molar-refractivity contribution in [3.63, 3.8) is 0 Å². The van der Waals surface area contributed by atoms with Gasteiger partial charge in [-0.1, -0.05) is 55.1 Å². The third-order valence-electron chi connectivity index (χ3n) is 4.70. The van der Waals surface area contributed by atoms with Gasteiger partial charge < -0.3 is 14.2 Å². The number of rotatable bonds is 8. The largest absolute Gasteiger partial charge is 0.458 e. The van der Waals surface area contributed by atoms with Crippen LogP contribution in [0.4, 0.5) is 10.5 Å². The summed E-state index contributed by atoms with van der Waals surface area (Å²) in [5.41, 5.74) is 2.09. The van der Waals surface area contributed by atoms with E-state index in [-0.39, 0.29) is 18.8 Å². The molecule has 0 radical (unpaired) electrons. The van der Waals surface area contributed by atoms with E-state index in [2.05, 4.69) is 11.9 Å². The molecular weight excluding hydrogens is 422 g/mol. The topological polar surface area (TPSA) is 90.9 Å². The molecule has 33 heavy (non-hydrogen) atoms. The van der Waals surface area contributed by atoms with Crippen LogP contribution in [0.3, 0.4) is 0 Å². The first-order valence-corrected chi connectivity index (χ1v) is 10.4. The Morgan fingerprint density at radius 2 is 1.64 bits per heavy atom. The van der Waals surface area contributed by atoms with Crippen molar-refractivity contribution < 1.29 is 28.6 Å². The summed E-state index contributed by atoms with van der Waals surface area (Å²) in [5.74, 6) is -1.21. The van der Waals surface area contributed by atoms with Gasteiger partial charge in [-0.25, -0.2) is 14.4 Å². The molecule has 1 N–H and O–H groups in total. The quantitative estimate of drug-likeness (QED) is 0.295. The molecule has 170 valence electrons. The number of benzene rings is 3. The summed E-state index contributed by atoms with van der Waals surface area (Å²) in [6, 6.07) is 19.9. The maximum atomic E-state index is 12.7. The first-order valence-electron chi connectivity index (χ1n) is 10.4. The third-order valence-corrected chi connectivity index (χ3v) is 4.70. The van der Waals surface area contributed by atoms with Crippen LogP contribution in [0.15, 0.2) is 78.9 Å². The van der Waals surface area contributed by atoms with Gasteiger partial charge in [-0.05, 0) is 48.4 Å². The van der Waals surface area contributed by atoms with E-state index in [4.69, 9.17) is 14.2 Å². The van der Waals surface area contributed by atoms with Gasteiger partial charge in [0.25, 0.3) is 0 Å². The first-order chi connectivity index (χ1) is 15.8. The second kappa shape index (κ2) is 10.9. The van der Waals surface area contributed by atoms with E-state index >= 15 is 0 Å². The van der Waals surface area contributed by atoms with Crippen LogP contribution in [0.1, 0.15) is 22.8 Å². The summed E-state index contributed by atoms with van der Waals surface area (Å²) < 4.78 is 15.9. The molecular formula is C26H25NO6. The van der Waals surface area contributed by atoms with E-state index in [1.165, 1.54) is 6.92 Å². The second-order valence-corrected chi connectivity index (χ2v) is 7.53. The number of hydrogen-bond acceptors (Lipinski definition) is 6. The van der Waals surface area contributed by atoms with Crippen LogP contribution in [0.25, 0.3) is 10.8 Å². The molecule has 0 aliphatic heterocycles. The molecule has 0 aliphatic carbocycles. The Balaban J connectivity index is 1.67. The van der Waals surface area contributed by atoms with Crippen LogP contribution in [0.5, 0.6) is 0 Å². The van der Waals surface area contributed by atoms with Gasteiger partial charge in [0.15, 0.2) is 6.10 Å². The van der Waals surface area contributed by atoms with E-state index in [9.17, 15) is 14.4 Å². The lowest BCUT2D eigenvalue weighted by atomic mass is 10.1. The van der Waals surface area contributed by atoms with Crippen molar-refractivity contribution in [2.45, 2.75) is 20.0 Å². The number of aryl methyl sites for hydroxylation is 1. The molecule has 3 aromatic rings. The van der Waals surface area contributed by atoms with E-state index in [0.717, 1.165) is 16.3 Å². The normalized spacial score (nSPS) is 11.3. The summed E-state index contributed by atoms with van der Waals surface area (Å²) in [6.07, 6.45) is -1.78. The third kappa shape index (κ3) is 6.67. The number of esters is 2. The van der Waals surface area contributed by atoms with Crippen molar-refractivity contribution in [1.29, 1.82) is 0 Å². The van der Waals surface area contributed by atoms with Crippen molar-refractivity contribution in [3.05, 3.63) is 90.0 Å². The Bertz CT molecular complexity index is 1180. The van der Waals surface area contributed by atoms with Crippen LogP contribution in [-0.4, -0.2) is 37.3 Å². The van der Waals surface area contributed by atoms with Crippen molar-refractivity contribution >= 4 is 34.5 Å². The first kappa shape index (κ1) is 23.5. The number of amides is 1. The molecule has 7 heteroatoms. The highest BCUT2D eigenvalue weighted by Crippen LogP contribution is 2.19. The molecule has 3 rings (SSSR count). The van der Waals surface area contributed by atoms with Gasteiger partial charge in [0.1, 0.15) is 13.2 Å². The maximum Gasteiger partial charge on any atom is 0.412 e. The van der Waals surface area contributed by atoms with Crippen molar-refractivity contribution in [2.75, 3.05) is 18.5 Å². The Morgan fingerprint density at radius 3 is 2.39 bits per heavy atom. The monoisotopic (exact) mass is 447 g/mol. The fourth-order valence-electron chi connectivity index (χ4n) is 3.08. The summed E-state index contributed by atoms with van der Waals surface area (Å²) in [4.78, 5) is 36.9. The highest BCUT2D eigenvalue weighted by Gasteiger charge is 2.21. The fraction of sp³-hybridized carbons (Fsp3) is 0.192. The molecule has 0 bridgehead atoms. The molecule has 1 amide bonds. The van der Waals surface area contributed by atoms with Gasteiger partial charge in [0.2, 0.25) is 0 Å². The number of ether oxygens (including phenoxy) is 3. The molecule has 7 nitrogen and oxygen atoms in total. The molecule has 1 unspecified atom stereocenters. The Kier molecular flexibility index (Phi) is 7.81. The molecule has 0 aliphatic rings. The maximum absolute atomic E-state index is 12.7. The highest BCUT2D eigenvalue weighted by atomic mass is 16.6. The van der Waals surface area contributed by atoms with Crippen LogP contribution in [-0.2, 0) is 19.0 Å². The molecule has 0 saturated carbocycles. The van der Waals surface area contributed by atoms with E-state index in [1.54, 1.807) is 30.3 Å². The molecule has 0 spiro atoms. The highest BCUT2D eigenvalue weighted by molar-refractivity contribution is 6.04. The number of carbonyl (C=O) groups is 3. The lowest BCUT2D eigenvalue weighted by molar-refractivity contribution is -0.142. The summed E-state index contributed by atoms with van der Waals surface area (Å²) >= 11 is 0. The van der Waals surface area contributed by atoms with Gasteiger partial charge in [0.05, 0.1) is 5.56 Å². The van der Waals surface area contributed by atoms with Crippen LogP contribution in [0.2, 0.25) is 0 Å². The molecule has 0 heterocycles. The van der Waals surface area contributed by atoms with Gasteiger partial charge in [-0.3, -0.25) is 5.32 Å². The van der Waals surface area contributed by atoms with Crippen LogP contribution < -0.4 is 5.32 Å². The molecule has 1 atom stereocenters. The van der Waals surface area contributed by atoms with E-state index < -0.39 is 24.1 Å². The van der Waals surface area contributed by atoms with Crippen LogP contribution in [0, 0.1) is 6.92 Å². The Hall–Kier alpha value is -4.13. The minimum atomic E-state index is -1.02. The predicted octanol–water partition coefficient (Wildman–Crippen LogP) is 5.04. The van der Waals surface area contributed by atoms with E-state index in [0.29, 0.717) is 11.3 Å². The zero-order valence-electron chi connectivity index (χ0n) is 18.5. The Labute approximate surface area is 192 Å². The van der Waals surface area contributed by atoms with Gasteiger partial charge in [0, 0.05) is 11.3 Å². The van der Waals surface area contributed by atoms with Crippen LogP contribution >= 0.6 is 0 Å². The van der Waals surface area contributed by atoms with Gasteiger partial charge in [-0.15, -0.1) is 0 Å². The Morgan fingerprint density at radius 1 is 0.939 bits per heavy atom. The lowest BCUT2D eigenvalue weighted by Gasteiger charge is -2.19. The smallest absolute Gasteiger partial charge is 0.412 e.